The second kappa shape index (κ2) is 6.71. The van der Waals surface area contributed by atoms with E-state index in [1.807, 2.05) is 30.3 Å². The van der Waals surface area contributed by atoms with Gasteiger partial charge in [-0.05, 0) is 24.3 Å². The van der Waals surface area contributed by atoms with Crippen LogP contribution < -0.4 is 10.6 Å². The molecule has 6 nitrogen and oxygen atoms in total. The average molecular weight is 306 g/mol. The molecule has 2 N–H and O–H groups in total. The number of nitrogens with one attached hydrogen (secondary N) is 2. The Morgan fingerprint density at radius 3 is 2.52 bits per heavy atom. The van der Waals surface area contributed by atoms with Crippen LogP contribution in [0.1, 0.15) is 0 Å². The number of hydrogen-bond donors (Lipinski definition) is 2. The van der Waals surface area contributed by atoms with Crippen molar-refractivity contribution in [2.75, 3.05) is 17.2 Å². The minimum atomic E-state index is -0.597. The number of rotatable bonds is 5. The quantitative estimate of drug-likeness (QED) is 0.655. The Morgan fingerprint density at radius 1 is 1.14 bits per heavy atom. The van der Waals surface area contributed by atoms with Gasteiger partial charge in [0.1, 0.15) is 5.02 Å². The molecule has 2 aromatic carbocycles. The highest BCUT2D eigenvalue weighted by molar-refractivity contribution is 6.32. The van der Waals surface area contributed by atoms with Gasteiger partial charge in [0.25, 0.3) is 5.69 Å². The third kappa shape index (κ3) is 4.19. The summed E-state index contributed by atoms with van der Waals surface area (Å²) in [5, 5.41) is 16.3. The minimum absolute atomic E-state index is 0.0282. The van der Waals surface area contributed by atoms with E-state index in [-0.39, 0.29) is 23.2 Å². The summed E-state index contributed by atoms with van der Waals surface area (Å²) >= 11 is 5.70. The first-order valence-corrected chi connectivity index (χ1v) is 6.47. The zero-order valence-electron chi connectivity index (χ0n) is 10.9. The number of anilines is 2. The Kier molecular flexibility index (Phi) is 4.73. The molecule has 2 aromatic rings. The highest BCUT2D eigenvalue weighted by atomic mass is 35.5. The van der Waals surface area contributed by atoms with E-state index in [0.717, 1.165) is 5.69 Å². The van der Waals surface area contributed by atoms with Crippen molar-refractivity contribution in [3.05, 3.63) is 63.7 Å². The molecule has 0 radical (unpaired) electrons. The highest BCUT2D eigenvalue weighted by Crippen LogP contribution is 2.27. The Balaban J connectivity index is 1.97. The molecule has 0 aliphatic carbocycles. The van der Waals surface area contributed by atoms with Crippen molar-refractivity contribution in [1.82, 2.24) is 0 Å². The fourth-order valence-electron chi connectivity index (χ4n) is 1.67. The normalized spacial score (nSPS) is 9.95. The predicted octanol–water partition coefficient (Wildman–Crippen LogP) is 3.30. The summed E-state index contributed by atoms with van der Waals surface area (Å²) in [4.78, 5) is 21.9. The average Bonchev–Trinajstić information content (AvgIpc) is 2.48. The lowest BCUT2D eigenvalue weighted by molar-refractivity contribution is -0.384. The third-order valence-corrected chi connectivity index (χ3v) is 2.97. The number of nitro benzene ring substituents is 1. The van der Waals surface area contributed by atoms with Crippen LogP contribution in [0.4, 0.5) is 17.1 Å². The van der Waals surface area contributed by atoms with Gasteiger partial charge >= 0.3 is 0 Å². The first kappa shape index (κ1) is 14.8. The number of carbonyl (C=O) groups excluding carboxylic acids is 1. The molecule has 0 saturated carbocycles. The molecule has 0 aromatic heterocycles. The third-order valence-electron chi connectivity index (χ3n) is 2.65. The van der Waals surface area contributed by atoms with Crippen molar-refractivity contribution in [1.29, 1.82) is 0 Å². The molecule has 0 heterocycles. The van der Waals surface area contributed by atoms with Crippen LogP contribution in [0, 0.1) is 10.1 Å². The van der Waals surface area contributed by atoms with Gasteiger partial charge in [-0.3, -0.25) is 14.9 Å². The van der Waals surface area contributed by atoms with E-state index in [4.69, 9.17) is 11.6 Å². The van der Waals surface area contributed by atoms with Crippen LogP contribution in [-0.2, 0) is 4.79 Å². The smallest absolute Gasteiger partial charge is 0.289 e. The summed E-state index contributed by atoms with van der Waals surface area (Å²) in [5.41, 5.74) is 0.895. The molecule has 21 heavy (non-hydrogen) atoms. The van der Waals surface area contributed by atoms with Crippen molar-refractivity contribution in [3.63, 3.8) is 0 Å². The molecule has 1 amide bonds. The molecular formula is C14H12ClN3O3. The summed E-state index contributed by atoms with van der Waals surface area (Å²) in [6.45, 7) is 0.0560. The maximum atomic E-state index is 11.8. The predicted molar refractivity (Wildman–Crippen MR) is 81.7 cm³/mol. The van der Waals surface area contributed by atoms with Gasteiger partial charge in [-0.1, -0.05) is 29.8 Å². The van der Waals surface area contributed by atoms with Crippen LogP contribution in [-0.4, -0.2) is 17.4 Å². The van der Waals surface area contributed by atoms with E-state index in [1.54, 1.807) is 0 Å². The number of nitrogens with zero attached hydrogens (tertiary/aromatic N) is 1. The molecule has 0 spiro atoms. The molecule has 0 fully saturated rings. The lowest BCUT2D eigenvalue weighted by Gasteiger charge is -2.08. The minimum Gasteiger partial charge on any atom is -0.376 e. The van der Waals surface area contributed by atoms with Crippen LogP contribution in [0.2, 0.25) is 5.02 Å². The van der Waals surface area contributed by atoms with E-state index in [0.29, 0.717) is 5.69 Å². The molecule has 0 bridgehead atoms. The van der Waals surface area contributed by atoms with Gasteiger partial charge in [0, 0.05) is 17.4 Å². The van der Waals surface area contributed by atoms with Gasteiger partial charge in [-0.15, -0.1) is 0 Å². The van der Waals surface area contributed by atoms with E-state index in [9.17, 15) is 14.9 Å². The SMILES string of the molecule is O=C(CNc1ccccc1)Nc1ccc(Cl)c([N+](=O)[O-])c1. The van der Waals surface area contributed by atoms with Crippen molar-refractivity contribution in [3.8, 4) is 0 Å². The highest BCUT2D eigenvalue weighted by Gasteiger charge is 2.13. The topological polar surface area (TPSA) is 84.3 Å². The fourth-order valence-corrected chi connectivity index (χ4v) is 1.86. The Morgan fingerprint density at radius 2 is 1.86 bits per heavy atom. The van der Waals surface area contributed by atoms with Crippen LogP contribution in [0.5, 0.6) is 0 Å². The van der Waals surface area contributed by atoms with E-state index in [2.05, 4.69) is 10.6 Å². The summed E-state index contributed by atoms with van der Waals surface area (Å²) in [6, 6.07) is 13.4. The van der Waals surface area contributed by atoms with Gasteiger partial charge in [-0.25, -0.2) is 0 Å². The maximum absolute atomic E-state index is 11.8. The molecule has 108 valence electrons. The van der Waals surface area contributed by atoms with Gasteiger partial charge in [0.2, 0.25) is 5.91 Å². The van der Waals surface area contributed by atoms with Crippen molar-refractivity contribution < 1.29 is 9.72 Å². The van der Waals surface area contributed by atoms with Crippen molar-refractivity contribution in [2.24, 2.45) is 0 Å². The first-order valence-electron chi connectivity index (χ1n) is 6.09. The van der Waals surface area contributed by atoms with Gasteiger partial charge < -0.3 is 10.6 Å². The molecule has 0 aliphatic heterocycles. The number of halogens is 1. The summed E-state index contributed by atoms with van der Waals surface area (Å²) < 4.78 is 0. The first-order chi connectivity index (χ1) is 10.1. The van der Waals surface area contributed by atoms with Gasteiger partial charge in [0.15, 0.2) is 0 Å². The van der Waals surface area contributed by atoms with E-state index < -0.39 is 4.92 Å². The molecule has 0 atom stereocenters. The zero-order valence-corrected chi connectivity index (χ0v) is 11.6. The number of benzene rings is 2. The van der Waals surface area contributed by atoms with E-state index >= 15 is 0 Å². The Labute approximate surface area is 125 Å². The molecular weight excluding hydrogens is 294 g/mol. The lowest BCUT2D eigenvalue weighted by Crippen LogP contribution is -2.21. The lowest BCUT2D eigenvalue weighted by atomic mass is 10.2. The van der Waals surface area contributed by atoms with Crippen LogP contribution >= 0.6 is 11.6 Å². The summed E-state index contributed by atoms with van der Waals surface area (Å²) in [6.07, 6.45) is 0. The second-order valence-corrected chi connectivity index (χ2v) is 4.60. The second-order valence-electron chi connectivity index (χ2n) is 4.19. The Bertz CT molecular complexity index is 662. The molecule has 0 aliphatic rings. The van der Waals surface area contributed by atoms with Crippen LogP contribution in [0.25, 0.3) is 0 Å². The molecule has 0 saturated heterocycles. The maximum Gasteiger partial charge on any atom is 0.289 e. The van der Waals surface area contributed by atoms with Crippen LogP contribution in [0.3, 0.4) is 0 Å². The van der Waals surface area contributed by atoms with Crippen molar-refractivity contribution >= 4 is 34.6 Å². The number of para-hydroxylation sites is 1. The number of nitro groups is 1. The molecule has 0 unspecified atom stereocenters. The monoisotopic (exact) mass is 305 g/mol. The molecule has 7 heteroatoms. The largest absolute Gasteiger partial charge is 0.376 e. The Hall–Kier alpha value is -2.60. The number of amides is 1. The van der Waals surface area contributed by atoms with E-state index in [1.165, 1.54) is 18.2 Å². The fraction of sp³-hybridized carbons (Fsp3) is 0.0714. The molecule has 2 rings (SSSR count). The van der Waals surface area contributed by atoms with Crippen LogP contribution in [0.15, 0.2) is 48.5 Å². The summed E-state index contributed by atoms with van der Waals surface area (Å²) in [7, 11) is 0. The standard InChI is InChI=1S/C14H12ClN3O3/c15-12-7-6-11(8-13(12)18(20)21)17-14(19)9-16-10-4-2-1-3-5-10/h1-8,16H,9H2,(H,17,19). The summed E-state index contributed by atoms with van der Waals surface area (Å²) in [5.74, 6) is -0.310. The van der Waals surface area contributed by atoms with Crippen molar-refractivity contribution in [2.45, 2.75) is 0 Å². The number of carbonyl (C=O) groups is 1. The van der Waals surface area contributed by atoms with Gasteiger partial charge in [0.05, 0.1) is 11.5 Å². The zero-order chi connectivity index (χ0) is 15.2. The number of hydrogen-bond acceptors (Lipinski definition) is 4. The van der Waals surface area contributed by atoms with Gasteiger partial charge in [-0.2, -0.15) is 0 Å².